The molecule has 0 saturated carbocycles. The SMILES string of the molecule is O=C(Cc1ccc(O)cc1)N[C@H](c1ccc(F)cc1)c1cccnc1. The number of carbonyl (C=O) groups excluding carboxylic acids is 1. The maximum atomic E-state index is 13.2. The van der Waals surface area contributed by atoms with Gasteiger partial charge in [0.05, 0.1) is 12.5 Å². The van der Waals surface area contributed by atoms with Crippen LogP contribution in [-0.2, 0) is 11.2 Å². The molecule has 25 heavy (non-hydrogen) atoms. The summed E-state index contributed by atoms with van der Waals surface area (Å²) in [5.74, 6) is -0.350. The Morgan fingerprint density at radius 2 is 1.76 bits per heavy atom. The van der Waals surface area contributed by atoms with Crippen molar-refractivity contribution in [3.63, 3.8) is 0 Å². The minimum atomic E-state index is -0.418. The van der Waals surface area contributed by atoms with E-state index >= 15 is 0 Å². The summed E-state index contributed by atoms with van der Waals surface area (Å²) < 4.78 is 13.2. The number of amides is 1. The third-order valence-corrected chi connectivity index (χ3v) is 3.83. The van der Waals surface area contributed by atoms with Gasteiger partial charge in [-0.05, 0) is 47.0 Å². The number of nitrogens with one attached hydrogen (secondary N) is 1. The van der Waals surface area contributed by atoms with Gasteiger partial charge in [-0.3, -0.25) is 9.78 Å². The molecule has 3 rings (SSSR count). The summed E-state index contributed by atoms with van der Waals surface area (Å²) in [6, 6.07) is 15.7. The summed E-state index contributed by atoms with van der Waals surface area (Å²) in [4.78, 5) is 16.5. The lowest BCUT2D eigenvalue weighted by atomic mass is 9.99. The van der Waals surface area contributed by atoms with Crippen LogP contribution in [0.4, 0.5) is 4.39 Å². The van der Waals surface area contributed by atoms with Gasteiger partial charge < -0.3 is 10.4 Å². The second kappa shape index (κ2) is 7.57. The van der Waals surface area contributed by atoms with Gasteiger partial charge in [0.1, 0.15) is 11.6 Å². The van der Waals surface area contributed by atoms with Crippen molar-refractivity contribution in [3.8, 4) is 5.75 Å². The highest BCUT2D eigenvalue weighted by Gasteiger charge is 2.17. The topological polar surface area (TPSA) is 62.2 Å². The molecule has 0 radical (unpaired) electrons. The first-order valence-corrected chi connectivity index (χ1v) is 7.84. The second-order valence-electron chi connectivity index (χ2n) is 5.68. The van der Waals surface area contributed by atoms with Crippen LogP contribution in [0.2, 0.25) is 0 Å². The molecule has 0 aliphatic heterocycles. The summed E-state index contributed by atoms with van der Waals surface area (Å²) >= 11 is 0. The van der Waals surface area contributed by atoms with Crippen LogP contribution < -0.4 is 5.32 Å². The van der Waals surface area contributed by atoms with Crippen LogP contribution in [-0.4, -0.2) is 16.0 Å². The lowest BCUT2D eigenvalue weighted by molar-refractivity contribution is -0.120. The molecule has 0 aliphatic carbocycles. The molecule has 1 atom stereocenters. The summed E-state index contributed by atoms with van der Waals surface area (Å²) in [7, 11) is 0. The summed E-state index contributed by atoms with van der Waals surface area (Å²) in [5, 5.41) is 12.3. The Morgan fingerprint density at radius 3 is 2.40 bits per heavy atom. The van der Waals surface area contributed by atoms with E-state index in [2.05, 4.69) is 10.3 Å². The van der Waals surface area contributed by atoms with E-state index in [-0.39, 0.29) is 23.9 Å². The zero-order valence-corrected chi connectivity index (χ0v) is 13.4. The average molecular weight is 336 g/mol. The predicted molar refractivity (Wildman–Crippen MR) is 92.4 cm³/mol. The molecular weight excluding hydrogens is 319 g/mol. The number of hydrogen-bond donors (Lipinski definition) is 2. The summed E-state index contributed by atoms with van der Waals surface area (Å²) in [5.41, 5.74) is 2.38. The molecule has 4 nitrogen and oxygen atoms in total. The lowest BCUT2D eigenvalue weighted by Gasteiger charge is -2.19. The molecular formula is C20H17FN2O2. The molecule has 2 aromatic carbocycles. The van der Waals surface area contributed by atoms with E-state index in [1.54, 1.807) is 54.9 Å². The highest BCUT2D eigenvalue weighted by Crippen LogP contribution is 2.22. The van der Waals surface area contributed by atoms with Gasteiger partial charge >= 0.3 is 0 Å². The zero-order chi connectivity index (χ0) is 17.6. The molecule has 0 spiro atoms. The van der Waals surface area contributed by atoms with Crippen LogP contribution in [0.3, 0.4) is 0 Å². The molecule has 1 amide bonds. The van der Waals surface area contributed by atoms with E-state index in [0.717, 1.165) is 16.7 Å². The zero-order valence-electron chi connectivity index (χ0n) is 13.4. The van der Waals surface area contributed by atoms with Crippen molar-refractivity contribution in [1.82, 2.24) is 10.3 Å². The van der Waals surface area contributed by atoms with E-state index in [1.807, 2.05) is 6.07 Å². The second-order valence-corrected chi connectivity index (χ2v) is 5.68. The monoisotopic (exact) mass is 336 g/mol. The number of phenolic OH excluding ortho intramolecular Hbond substituents is 1. The molecule has 2 N–H and O–H groups in total. The fourth-order valence-corrected chi connectivity index (χ4v) is 2.57. The molecule has 0 aliphatic rings. The third-order valence-electron chi connectivity index (χ3n) is 3.83. The largest absolute Gasteiger partial charge is 0.508 e. The third kappa shape index (κ3) is 4.41. The number of aromatic nitrogens is 1. The summed E-state index contributed by atoms with van der Waals surface area (Å²) in [6.45, 7) is 0. The normalized spacial score (nSPS) is 11.7. The van der Waals surface area contributed by atoms with Crippen molar-refractivity contribution < 1.29 is 14.3 Å². The fraction of sp³-hybridized carbons (Fsp3) is 0.100. The van der Waals surface area contributed by atoms with Crippen LogP contribution >= 0.6 is 0 Å². The van der Waals surface area contributed by atoms with Crippen molar-refractivity contribution in [2.24, 2.45) is 0 Å². The van der Waals surface area contributed by atoms with E-state index in [9.17, 15) is 14.3 Å². The molecule has 0 fully saturated rings. The number of aromatic hydroxyl groups is 1. The Morgan fingerprint density at radius 1 is 1.04 bits per heavy atom. The minimum Gasteiger partial charge on any atom is -0.508 e. The maximum absolute atomic E-state index is 13.2. The predicted octanol–water partition coefficient (Wildman–Crippen LogP) is 3.37. The lowest BCUT2D eigenvalue weighted by Crippen LogP contribution is -2.30. The maximum Gasteiger partial charge on any atom is 0.225 e. The van der Waals surface area contributed by atoms with E-state index in [4.69, 9.17) is 0 Å². The number of benzene rings is 2. The standard InChI is InChI=1S/C20H17FN2O2/c21-17-7-5-15(6-8-17)20(16-2-1-11-22-13-16)23-19(25)12-14-3-9-18(24)10-4-14/h1-11,13,20,24H,12H2,(H,23,25)/t20-/m1/s1. The van der Waals surface area contributed by atoms with Crippen LogP contribution in [0.15, 0.2) is 73.1 Å². The quantitative estimate of drug-likeness (QED) is 0.751. The van der Waals surface area contributed by atoms with Gasteiger partial charge in [-0.2, -0.15) is 0 Å². The van der Waals surface area contributed by atoms with E-state index in [0.29, 0.717) is 0 Å². The number of pyridine rings is 1. The molecule has 1 aromatic heterocycles. The molecule has 0 bridgehead atoms. The molecule has 1 heterocycles. The first-order valence-electron chi connectivity index (χ1n) is 7.84. The number of rotatable bonds is 5. The smallest absolute Gasteiger partial charge is 0.225 e. The van der Waals surface area contributed by atoms with Crippen molar-refractivity contribution in [3.05, 3.63) is 95.6 Å². The Kier molecular flexibility index (Phi) is 5.04. The number of halogens is 1. The van der Waals surface area contributed by atoms with Gasteiger partial charge in [0, 0.05) is 12.4 Å². The average Bonchev–Trinajstić information content (AvgIpc) is 2.63. The Labute approximate surface area is 145 Å². The highest BCUT2D eigenvalue weighted by atomic mass is 19.1. The van der Waals surface area contributed by atoms with Gasteiger partial charge in [-0.1, -0.05) is 30.3 Å². The van der Waals surface area contributed by atoms with Gasteiger partial charge in [0.2, 0.25) is 5.91 Å². The molecule has 0 saturated heterocycles. The number of carbonyl (C=O) groups is 1. The van der Waals surface area contributed by atoms with Gasteiger partial charge in [-0.15, -0.1) is 0 Å². The fourth-order valence-electron chi connectivity index (χ4n) is 2.57. The Hall–Kier alpha value is -3.21. The van der Waals surface area contributed by atoms with Crippen LogP contribution in [0.5, 0.6) is 5.75 Å². The molecule has 5 heteroatoms. The number of hydrogen-bond acceptors (Lipinski definition) is 3. The highest BCUT2D eigenvalue weighted by molar-refractivity contribution is 5.79. The van der Waals surface area contributed by atoms with Gasteiger partial charge in [0.25, 0.3) is 0 Å². The van der Waals surface area contributed by atoms with E-state index < -0.39 is 6.04 Å². The molecule has 126 valence electrons. The first-order chi connectivity index (χ1) is 12.1. The van der Waals surface area contributed by atoms with E-state index in [1.165, 1.54) is 12.1 Å². The first kappa shape index (κ1) is 16.6. The van der Waals surface area contributed by atoms with Crippen molar-refractivity contribution in [2.45, 2.75) is 12.5 Å². The van der Waals surface area contributed by atoms with Crippen molar-refractivity contribution >= 4 is 5.91 Å². The molecule has 0 unspecified atom stereocenters. The van der Waals surface area contributed by atoms with Gasteiger partial charge in [-0.25, -0.2) is 4.39 Å². The number of nitrogens with zero attached hydrogens (tertiary/aromatic N) is 1. The summed E-state index contributed by atoms with van der Waals surface area (Å²) in [6.07, 6.45) is 3.51. The van der Waals surface area contributed by atoms with Crippen LogP contribution in [0, 0.1) is 5.82 Å². The Bertz CT molecular complexity index is 834. The van der Waals surface area contributed by atoms with Crippen molar-refractivity contribution in [2.75, 3.05) is 0 Å². The van der Waals surface area contributed by atoms with Gasteiger partial charge in [0.15, 0.2) is 0 Å². The Balaban J connectivity index is 1.81. The molecule has 3 aromatic rings. The minimum absolute atomic E-state index is 0.156. The van der Waals surface area contributed by atoms with Crippen molar-refractivity contribution in [1.29, 1.82) is 0 Å². The number of phenols is 1. The van der Waals surface area contributed by atoms with Crippen LogP contribution in [0.25, 0.3) is 0 Å². The van der Waals surface area contributed by atoms with Crippen LogP contribution in [0.1, 0.15) is 22.7 Å².